The molecule has 3 rings (SSSR count). The Morgan fingerprint density at radius 1 is 0.941 bits per heavy atom. The number of halogens is 2. The molecule has 0 aliphatic rings. The first-order valence-corrected chi connectivity index (χ1v) is 11.9. The molecule has 0 aliphatic heterocycles. The summed E-state index contributed by atoms with van der Waals surface area (Å²) in [7, 11) is 0. The maximum absolute atomic E-state index is 13.6. The SMILES string of the molecule is CCCCNC(=O)[C@H](Cc1ccccc1)N(Cc1ccccc1Cl)C(=O)Cc1ccc(F)cc1. The number of carbonyl (C=O) groups excluding carboxylic acids is 2. The van der Waals surface area contributed by atoms with Crippen molar-refractivity contribution in [1.29, 1.82) is 0 Å². The smallest absolute Gasteiger partial charge is 0.243 e. The van der Waals surface area contributed by atoms with Gasteiger partial charge in [0.05, 0.1) is 6.42 Å². The van der Waals surface area contributed by atoms with Crippen LogP contribution < -0.4 is 5.32 Å². The number of carbonyl (C=O) groups is 2. The van der Waals surface area contributed by atoms with E-state index in [1.807, 2.05) is 48.5 Å². The largest absolute Gasteiger partial charge is 0.354 e. The summed E-state index contributed by atoms with van der Waals surface area (Å²) < 4.78 is 13.4. The van der Waals surface area contributed by atoms with Crippen molar-refractivity contribution in [2.75, 3.05) is 6.54 Å². The molecule has 1 N–H and O–H groups in total. The van der Waals surface area contributed by atoms with E-state index in [-0.39, 0.29) is 30.6 Å². The molecule has 0 fully saturated rings. The van der Waals surface area contributed by atoms with Gasteiger partial charge in [-0.1, -0.05) is 85.6 Å². The zero-order valence-corrected chi connectivity index (χ0v) is 20.1. The molecule has 0 aromatic heterocycles. The molecule has 2 amide bonds. The highest BCUT2D eigenvalue weighted by atomic mass is 35.5. The number of rotatable bonds is 11. The Balaban J connectivity index is 1.94. The van der Waals surface area contributed by atoms with Crippen molar-refractivity contribution in [3.05, 3.63) is 106 Å². The highest BCUT2D eigenvalue weighted by Gasteiger charge is 2.30. The predicted molar refractivity (Wildman–Crippen MR) is 134 cm³/mol. The lowest BCUT2D eigenvalue weighted by Crippen LogP contribution is -2.51. The number of benzene rings is 3. The summed E-state index contributed by atoms with van der Waals surface area (Å²) in [5.41, 5.74) is 2.40. The Morgan fingerprint density at radius 3 is 2.29 bits per heavy atom. The molecule has 0 bridgehead atoms. The van der Waals surface area contributed by atoms with E-state index in [2.05, 4.69) is 12.2 Å². The van der Waals surface area contributed by atoms with Crippen LogP contribution in [0.5, 0.6) is 0 Å². The normalized spacial score (nSPS) is 11.6. The maximum atomic E-state index is 13.6. The fourth-order valence-electron chi connectivity index (χ4n) is 3.75. The number of nitrogens with zero attached hydrogens (tertiary/aromatic N) is 1. The molecule has 0 saturated carbocycles. The Morgan fingerprint density at radius 2 is 1.62 bits per heavy atom. The lowest BCUT2D eigenvalue weighted by Gasteiger charge is -2.32. The number of nitrogens with one attached hydrogen (secondary N) is 1. The van der Waals surface area contributed by atoms with Crippen molar-refractivity contribution >= 4 is 23.4 Å². The second-order valence-electron chi connectivity index (χ2n) is 8.27. The molecule has 0 saturated heterocycles. The Hall–Kier alpha value is -3.18. The summed E-state index contributed by atoms with van der Waals surface area (Å²) in [6.07, 6.45) is 2.24. The van der Waals surface area contributed by atoms with Gasteiger partial charge < -0.3 is 10.2 Å². The molecule has 1 atom stereocenters. The fourth-order valence-corrected chi connectivity index (χ4v) is 3.94. The van der Waals surface area contributed by atoms with Gasteiger partial charge in [0.2, 0.25) is 11.8 Å². The van der Waals surface area contributed by atoms with Crippen LogP contribution in [0.1, 0.15) is 36.5 Å². The van der Waals surface area contributed by atoms with Crippen molar-refractivity contribution < 1.29 is 14.0 Å². The highest BCUT2D eigenvalue weighted by molar-refractivity contribution is 6.31. The molecule has 0 aliphatic carbocycles. The third-order valence-electron chi connectivity index (χ3n) is 5.67. The van der Waals surface area contributed by atoms with Crippen LogP contribution in [0.15, 0.2) is 78.9 Å². The first-order chi connectivity index (χ1) is 16.5. The molecule has 6 heteroatoms. The van der Waals surface area contributed by atoms with E-state index in [0.29, 0.717) is 23.6 Å². The first kappa shape index (κ1) is 25.4. The van der Waals surface area contributed by atoms with Crippen LogP contribution in [-0.2, 0) is 29.0 Å². The standard InChI is InChI=1S/C28H30ClFN2O2/c1-2-3-17-31-28(34)26(18-21-9-5-4-6-10-21)32(20-23-11-7-8-12-25(23)29)27(33)19-22-13-15-24(30)16-14-22/h4-16,26H,2-3,17-20H2,1H3,(H,31,34)/t26-/m0/s1. The van der Waals surface area contributed by atoms with Crippen LogP contribution in [-0.4, -0.2) is 29.3 Å². The van der Waals surface area contributed by atoms with E-state index in [4.69, 9.17) is 11.6 Å². The molecule has 4 nitrogen and oxygen atoms in total. The zero-order chi connectivity index (χ0) is 24.3. The molecule has 34 heavy (non-hydrogen) atoms. The van der Waals surface area contributed by atoms with E-state index in [1.165, 1.54) is 12.1 Å². The van der Waals surface area contributed by atoms with Gasteiger partial charge in [-0.25, -0.2) is 4.39 Å². The lowest BCUT2D eigenvalue weighted by molar-refractivity contribution is -0.140. The van der Waals surface area contributed by atoms with E-state index in [0.717, 1.165) is 24.0 Å². The average Bonchev–Trinajstić information content (AvgIpc) is 2.84. The van der Waals surface area contributed by atoms with Gasteiger partial charge in [-0.3, -0.25) is 9.59 Å². The summed E-state index contributed by atoms with van der Waals surface area (Å²) in [6, 6.07) is 22.1. The quantitative estimate of drug-likeness (QED) is 0.364. The molecule has 0 spiro atoms. The fraction of sp³-hybridized carbons (Fsp3) is 0.286. The number of hydrogen-bond donors (Lipinski definition) is 1. The average molecular weight is 481 g/mol. The van der Waals surface area contributed by atoms with E-state index in [9.17, 15) is 14.0 Å². The Bertz CT molecular complexity index is 1070. The van der Waals surface area contributed by atoms with Crippen molar-refractivity contribution in [2.24, 2.45) is 0 Å². The summed E-state index contributed by atoms with van der Waals surface area (Å²) in [6.45, 7) is 2.80. The second kappa shape index (κ2) is 12.9. The van der Waals surface area contributed by atoms with Crippen LogP contribution in [0, 0.1) is 5.82 Å². The number of hydrogen-bond acceptors (Lipinski definition) is 2. The predicted octanol–water partition coefficient (Wildman–Crippen LogP) is 5.58. The lowest BCUT2D eigenvalue weighted by atomic mass is 10.0. The molecule has 0 radical (unpaired) electrons. The van der Waals surface area contributed by atoms with Crippen LogP contribution in [0.3, 0.4) is 0 Å². The van der Waals surface area contributed by atoms with Gasteiger partial charge >= 0.3 is 0 Å². The first-order valence-electron chi connectivity index (χ1n) is 11.6. The van der Waals surface area contributed by atoms with Gasteiger partial charge in [0, 0.05) is 24.5 Å². The van der Waals surface area contributed by atoms with Crippen LogP contribution >= 0.6 is 11.6 Å². The minimum absolute atomic E-state index is 0.0538. The van der Waals surface area contributed by atoms with E-state index >= 15 is 0 Å². The van der Waals surface area contributed by atoms with Gasteiger partial charge in [-0.15, -0.1) is 0 Å². The molecular formula is C28H30ClFN2O2. The minimum Gasteiger partial charge on any atom is -0.354 e. The second-order valence-corrected chi connectivity index (χ2v) is 8.67. The van der Waals surface area contributed by atoms with E-state index in [1.54, 1.807) is 23.1 Å². The highest BCUT2D eigenvalue weighted by Crippen LogP contribution is 2.21. The van der Waals surface area contributed by atoms with Gasteiger partial charge in [0.1, 0.15) is 11.9 Å². The van der Waals surface area contributed by atoms with Crippen molar-refractivity contribution in [3.63, 3.8) is 0 Å². The van der Waals surface area contributed by atoms with Crippen LogP contribution in [0.4, 0.5) is 4.39 Å². The Kier molecular flexibility index (Phi) is 9.65. The van der Waals surface area contributed by atoms with Crippen molar-refractivity contribution in [3.8, 4) is 0 Å². The zero-order valence-electron chi connectivity index (χ0n) is 19.3. The molecule has 0 unspecified atom stereocenters. The van der Waals surface area contributed by atoms with Crippen molar-refractivity contribution in [2.45, 2.75) is 45.2 Å². The van der Waals surface area contributed by atoms with Gasteiger partial charge in [-0.2, -0.15) is 0 Å². The summed E-state index contributed by atoms with van der Waals surface area (Å²) >= 11 is 6.42. The summed E-state index contributed by atoms with van der Waals surface area (Å²) in [5, 5.41) is 3.53. The Labute approximate surface area is 205 Å². The molecular weight excluding hydrogens is 451 g/mol. The molecule has 0 heterocycles. The third kappa shape index (κ3) is 7.42. The number of amides is 2. The summed E-state index contributed by atoms with van der Waals surface area (Å²) in [5.74, 6) is -0.781. The third-order valence-corrected chi connectivity index (χ3v) is 6.04. The minimum atomic E-state index is -0.719. The van der Waals surface area contributed by atoms with Crippen molar-refractivity contribution in [1.82, 2.24) is 10.2 Å². The van der Waals surface area contributed by atoms with Crippen LogP contribution in [0.2, 0.25) is 5.02 Å². The monoisotopic (exact) mass is 480 g/mol. The number of unbranched alkanes of at least 4 members (excludes halogenated alkanes) is 1. The maximum Gasteiger partial charge on any atom is 0.243 e. The molecule has 3 aromatic rings. The summed E-state index contributed by atoms with van der Waals surface area (Å²) in [4.78, 5) is 28.5. The molecule has 3 aromatic carbocycles. The van der Waals surface area contributed by atoms with Gasteiger partial charge in [0.15, 0.2) is 0 Å². The van der Waals surface area contributed by atoms with E-state index < -0.39 is 6.04 Å². The van der Waals surface area contributed by atoms with Gasteiger partial charge in [-0.05, 0) is 41.3 Å². The van der Waals surface area contributed by atoms with Crippen LogP contribution in [0.25, 0.3) is 0 Å². The molecule has 178 valence electrons. The van der Waals surface area contributed by atoms with Gasteiger partial charge in [0.25, 0.3) is 0 Å². The topological polar surface area (TPSA) is 49.4 Å².